The smallest absolute Gasteiger partial charge is 0.337 e. The van der Waals surface area contributed by atoms with Crippen molar-refractivity contribution < 1.29 is 19.1 Å². The molecule has 6 heteroatoms. The molecule has 1 unspecified atom stereocenters. The van der Waals surface area contributed by atoms with E-state index in [2.05, 4.69) is 15.4 Å². The van der Waals surface area contributed by atoms with Crippen LogP contribution in [0, 0.1) is 0 Å². The summed E-state index contributed by atoms with van der Waals surface area (Å²) in [4.78, 5) is 23.1. The molecule has 0 spiro atoms. The molecule has 6 nitrogen and oxygen atoms in total. The van der Waals surface area contributed by atoms with Gasteiger partial charge in [0.05, 0.1) is 19.3 Å². The van der Waals surface area contributed by atoms with Gasteiger partial charge in [0.25, 0.3) is 0 Å². The first-order valence-electron chi connectivity index (χ1n) is 6.98. The van der Waals surface area contributed by atoms with Crippen LogP contribution >= 0.6 is 0 Å². The number of morpholine rings is 1. The van der Waals surface area contributed by atoms with Crippen molar-refractivity contribution in [3.05, 3.63) is 35.4 Å². The van der Waals surface area contributed by atoms with Gasteiger partial charge >= 0.3 is 5.97 Å². The van der Waals surface area contributed by atoms with Crippen molar-refractivity contribution in [1.82, 2.24) is 10.6 Å². The maximum absolute atomic E-state index is 11.8. The normalized spacial score (nSPS) is 18.0. The van der Waals surface area contributed by atoms with E-state index in [0.29, 0.717) is 31.7 Å². The van der Waals surface area contributed by atoms with Crippen LogP contribution in [-0.2, 0) is 20.7 Å². The van der Waals surface area contributed by atoms with Crippen LogP contribution < -0.4 is 10.6 Å². The molecule has 21 heavy (non-hydrogen) atoms. The molecule has 1 saturated heterocycles. The minimum atomic E-state index is -0.402. The van der Waals surface area contributed by atoms with Crippen molar-refractivity contribution in [2.24, 2.45) is 0 Å². The van der Waals surface area contributed by atoms with Crippen LogP contribution in [-0.4, -0.2) is 51.3 Å². The number of hydrogen-bond acceptors (Lipinski definition) is 5. The van der Waals surface area contributed by atoms with E-state index in [0.717, 1.165) is 12.1 Å². The fourth-order valence-corrected chi connectivity index (χ4v) is 2.10. The molecule has 1 atom stereocenters. The van der Waals surface area contributed by atoms with Gasteiger partial charge in [-0.1, -0.05) is 12.1 Å². The van der Waals surface area contributed by atoms with Gasteiger partial charge in [-0.05, 0) is 24.1 Å². The van der Waals surface area contributed by atoms with Crippen LogP contribution in [0.4, 0.5) is 0 Å². The monoisotopic (exact) mass is 292 g/mol. The number of benzene rings is 1. The summed E-state index contributed by atoms with van der Waals surface area (Å²) in [6, 6.07) is 7.16. The molecule has 0 saturated carbocycles. The standard InChI is InChI=1S/C15H20N2O4/c1-20-15(19)12-4-2-11(3-5-12)6-7-17-14(18)13-10-16-8-9-21-13/h2-5,13,16H,6-10H2,1H3,(H,17,18). The van der Waals surface area contributed by atoms with Crippen molar-refractivity contribution in [1.29, 1.82) is 0 Å². The Morgan fingerprint density at radius 2 is 2.14 bits per heavy atom. The number of methoxy groups -OCH3 is 1. The Hall–Kier alpha value is -1.92. The number of rotatable bonds is 5. The summed E-state index contributed by atoms with van der Waals surface area (Å²) >= 11 is 0. The maximum atomic E-state index is 11.8. The van der Waals surface area contributed by atoms with E-state index in [4.69, 9.17) is 4.74 Å². The van der Waals surface area contributed by atoms with Crippen molar-refractivity contribution in [3.8, 4) is 0 Å². The molecule has 1 aromatic carbocycles. The molecule has 114 valence electrons. The van der Waals surface area contributed by atoms with Gasteiger partial charge in [0.15, 0.2) is 0 Å². The number of carbonyl (C=O) groups excluding carboxylic acids is 2. The van der Waals surface area contributed by atoms with Gasteiger partial charge in [-0.15, -0.1) is 0 Å². The zero-order valence-corrected chi connectivity index (χ0v) is 12.1. The van der Waals surface area contributed by atoms with Crippen LogP contribution in [0.1, 0.15) is 15.9 Å². The van der Waals surface area contributed by atoms with Gasteiger partial charge in [0.2, 0.25) is 5.91 Å². The fraction of sp³-hybridized carbons (Fsp3) is 0.467. The number of amides is 1. The Morgan fingerprint density at radius 1 is 1.38 bits per heavy atom. The molecule has 1 aliphatic rings. The van der Waals surface area contributed by atoms with Gasteiger partial charge < -0.3 is 20.1 Å². The topological polar surface area (TPSA) is 76.7 Å². The summed E-state index contributed by atoms with van der Waals surface area (Å²) in [6.45, 7) is 2.44. The predicted octanol–water partition coefficient (Wildman–Crippen LogP) is 0.120. The van der Waals surface area contributed by atoms with Crippen LogP contribution in [0.5, 0.6) is 0 Å². The zero-order chi connectivity index (χ0) is 15.1. The minimum Gasteiger partial charge on any atom is -0.465 e. The molecule has 1 aromatic rings. The van der Waals surface area contributed by atoms with Crippen LogP contribution in [0.3, 0.4) is 0 Å². The Morgan fingerprint density at radius 3 is 2.76 bits per heavy atom. The third-order valence-corrected chi connectivity index (χ3v) is 3.31. The van der Waals surface area contributed by atoms with Crippen LogP contribution in [0.2, 0.25) is 0 Å². The summed E-state index contributed by atoms with van der Waals surface area (Å²) in [5, 5.41) is 5.97. The first kappa shape index (κ1) is 15.5. The molecular formula is C15H20N2O4. The van der Waals surface area contributed by atoms with E-state index < -0.39 is 6.10 Å². The third kappa shape index (κ3) is 4.54. The molecule has 1 heterocycles. The number of carbonyl (C=O) groups is 2. The van der Waals surface area contributed by atoms with Crippen molar-refractivity contribution in [2.75, 3.05) is 33.4 Å². The zero-order valence-electron chi connectivity index (χ0n) is 12.1. The predicted molar refractivity (Wildman–Crippen MR) is 77.1 cm³/mol. The average Bonchev–Trinajstić information content (AvgIpc) is 2.55. The lowest BCUT2D eigenvalue weighted by Crippen LogP contribution is -2.48. The van der Waals surface area contributed by atoms with Crippen molar-refractivity contribution >= 4 is 11.9 Å². The SMILES string of the molecule is COC(=O)c1ccc(CCNC(=O)C2CNCCO2)cc1. The molecule has 0 aliphatic carbocycles. The summed E-state index contributed by atoms with van der Waals surface area (Å²) < 4.78 is 10.0. The molecule has 0 bridgehead atoms. The second-order valence-corrected chi connectivity index (χ2v) is 4.79. The number of esters is 1. The van der Waals surface area contributed by atoms with E-state index in [-0.39, 0.29) is 11.9 Å². The maximum Gasteiger partial charge on any atom is 0.337 e. The quantitative estimate of drug-likeness (QED) is 0.754. The Bertz CT molecular complexity index is 481. The Kier molecular flexibility index (Phi) is 5.71. The highest BCUT2D eigenvalue weighted by molar-refractivity contribution is 5.89. The third-order valence-electron chi connectivity index (χ3n) is 3.31. The summed E-state index contributed by atoms with van der Waals surface area (Å²) in [5.74, 6) is -0.440. The minimum absolute atomic E-state index is 0.0895. The molecule has 2 rings (SSSR count). The van der Waals surface area contributed by atoms with Crippen LogP contribution in [0.25, 0.3) is 0 Å². The lowest BCUT2D eigenvalue weighted by atomic mass is 10.1. The molecular weight excluding hydrogens is 272 g/mol. The number of nitrogens with one attached hydrogen (secondary N) is 2. The van der Waals surface area contributed by atoms with Crippen LogP contribution in [0.15, 0.2) is 24.3 Å². The Balaban J connectivity index is 1.75. The van der Waals surface area contributed by atoms with E-state index in [1.54, 1.807) is 12.1 Å². The van der Waals surface area contributed by atoms with E-state index in [9.17, 15) is 9.59 Å². The highest BCUT2D eigenvalue weighted by Gasteiger charge is 2.20. The lowest BCUT2D eigenvalue weighted by molar-refractivity contribution is -0.134. The highest BCUT2D eigenvalue weighted by Crippen LogP contribution is 2.06. The van der Waals surface area contributed by atoms with Crippen molar-refractivity contribution in [2.45, 2.75) is 12.5 Å². The van der Waals surface area contributed by atoms with E-state index in [1.807, 2.05) is 12.1 Å². The van der Waals surface area contributed by atoms with Gasteiger partial charge in [-0.2, -0.15) is 0 Å². The van der Waals surface area contributed by atoms with E-state index >= 15 is 0 Å². The Labute approximate surface area is 123 Å². The van der Waals surface area contributed by atoms with Gasteiger partial charge in [-0.3, -0.25) is 4.79 Å². The average molecular weight is 292 g/mol. The largest absolute Gasteiger partial charge is 0.465 e. The molecule has 0 radical (unpaired) electrons. The highest BCUT2D eigenvalue weighted by atomic mass is 16.5. The molecule has 1 amide bonds. The van der Waals surface area contributed by atoms with Gasteiger partial charge in [0, 0.05) is 19.6 Å². The first-order valence-corrected chi connectivity index (χ1v) is 6.98. The van der Waals surface area contributed by atoms with E-state index in [1.165, 1.54) is 7.11 Å². The fourth-order valence-electron chi connectivity index (χ4n) is 2.10. The molecule has 1 fully saturated rings. The summed E-state index contributed by atoms with van der Waals surface area (Å²) in [5.41, 5.74) is 1.57. The second-order valence-electron chi connectivity index (χ2n) is 4.79. The van der Waals surface area contributed by atoms with Gasteiger partial charge in [0.1, 0.15) is 6.10 Å². The second kappa shape index (κ2) is 7.75. The number of hydrogen-bond donors (Lipinski definition) is 2. The van der Waals surface area contributed by atoms with Gasteiger partial charge in [-0.25, -0.2) is 4.79 Å². The summed E-state index contributed by atoms with van der Waals surface area (Å²) in [6.07, 6.45) is 0.299. The molecule has 2 N–H and O–H groups in total. The lowest BCUT2D eigenvalue weighted by Gasteiger charge is -2.22. The molecule has 1 aliphatic heterocycles. The summed E-state index contributed by atoms with van der Waals surface area (Å²) in [7, 11) is 1.36. The number of ether oxygens (including phenoxy) is 2. The first-order chi connectivity index (χ1) is 10.2. The van der Waals surface area contributed by atoms with Crippen molar-refractivity contribution in [3.63, 3.8) is 0 Å². The molecule has 0 aromatic heterocycles.